The third-order valence-electron chi connectivity index (χ3n) is 5.58. The van der Waals surface area contributed by atoms with Crippen molar-refractivity contribution in [3.63, 3.8) is 0 Å². The van der Waals surface area contributed by atoms with Gasteiger partial charge in [0.1, 0.15) is 17.1 Å². The van der Waals surface area contributed by atoms with Gasteiger partial charge in [0, 0.05) is 17.7 Å². The zero-order chi connectivity index (χ0) is 23.5. The van der Waals surface area contributed by atoms with Gasteiger partial charge in [-0.15, -0.1) is 0 Å². The molecule has 0 radical (unpaired) electrons. The molecule has 1 heterocycles. The molecule has 0 spiro atoms. The first-order valence-corrected chi connectivity index (χ1v) is 10.5. The molecule has 0 bridgehead atoms. The molecule has 0 saturated carbocycles. The van der Waals surface area contributed by atoms with Crippen LogP contribution in [0.4, 0.5) is 5.82 Å². The SMILES string of the molecule is Cc1ccccc1C(=O)NCc1ccc(-c2nn(-c3ccccc3C)c(N)c2C(N)=O)cc1. The summed E-state index contributed by atoms with van der Waals surface area (Å²) in [5.74, 6) is -0.573. The summed E-state index contributed by atoms with van der Waals surface area (Å²) in [4.78, 5) is 24.7. The third-order valence-corrected chi connectivity index (χ3v) is 5.58. The van der Waals surface area contributed by atoms with Gasteiger partial charge in [0.05, 0.1) is 5.69 Å². The number of benzene rings is 3. The van der Waals surface area contributed by atoms with E-state index in [1.54, 1.807) is 10.7 Å². The second-order valence-electron chi connectivity index (χ2n) is 7.87. The van der Waals surface area contributed by atoms with E-state index in [0.717, 1.165) is 22.4 Å². The smallest absolute Gasteiger partial charge is 0.254 e. The van der Waals surface area contributed by atoms with Gasteiger partial charge < -0.3 is 16.8 Å². The number of nitrogens with two attached hydrogens (primary N) is 2. The van der Waals surface area contributed by atoms with Gasteiger partial charge in [0.15, 0.2) is 0 Å². The van der Waals surface area contributed by atoms with Gasteiger partial charge >= 0.3 is 0 Å². The van der Waals surface area contributed by atoms with E-state index in [1.165, 1.54) is 0 Å². The summed E-state index contributed by atoms with van der Waals surface area (Å²) in [5, 5.41) is 7.54. The minimum Gasteiger partial charge on any atom is -0.383 e. The van der Waals surface area contributed by atoms with Gasteiger partial charge in [-0.05, 0) is 42.7 Å². The Morgan fingerprint density at radius 2 is 1.55 bits per heavy atom. The summed E-state index contributed by atoms with van der Waals surface area (Å²) >= 11 is 0. The topological polar surface area (TPSA) is 116 Å². The highest BCUT2D eigenvalue weighted by molar-refractivity contribution is 6.03. The van der Waals surface area contributed by atoms with Crippen LogP contribution in [0.1, 0.15) is 37.4 Å². The number of nitrogen functional groups attached to an aromatic ring is 1. The molecule has 4 rings (SSSR count). The molecule has 2 amide bonds. The summed E-state index contributed by atoms with van der Waals surface area (Å²) in [5.41, 5.74) is 17.4. The summed E-state index contributed by atoms with van der Waals surface area (Å²) in [6.07, 6.45) is 0. The van der Waals surface area contributed by atoms with Crippen molar-refractivity contribution >= 4 is 17.6 Å². The molecule has 7 heteroatoms. The summed E-state index contributed by atoms with van der Waals surface area (Å²) < 4.78 is 1.54. The second-order valence-corrected chi connectivity index (χ2v) is 7.87. The van der Waals surface area contributed by atoms with Gasteiger partial charge in [-0.3, -0.25) is 9.59 Å². The quantitative estimate of drug-likeness (QED) is 0.424. The molecular weight excluding hydrogens is 414 g/mol. The van der Waals surface area contributed by atoms with Crippen molar-refractivity contribution in [2.24, 2.45) is 5.73 Å². The zero-order valence-electron chi connectivity index (χ0n) is 18.5. The van der Waals surface area contributed by atoms with Crippen molar-refractivity contribution in [1.82, 2.24) is 15.1 Å². The van der Waals surface area contributed by atoms with E-state index in [4.69, 9.17) is 11.5 Å². The molecule has 3 aromatic carbocycles. The molecule has 5 N–H and O–H groups in total. The van der Waals surface area contributed by atoms with Crippen LogP contribution < -0.4 is 16.8 Å². The average Bonchev–Trinajstić information content (AvgIpc) is 3.15. The number of carbonyl (C=O) groups excluding carboxylic acids is 2. The number of nitrogens with one attached hydrogen (secondary N) is 1. The normalized spacial score (nSPS) is 10.7. The van der Waals surface area contributed by atoms with Gasteiger partial charge in [-0.1, -0.05) is 60.7 Å². The second kappa shape index (κ2) is 9.00. The van der Waals surface area contributed by atoms with Crippen LogP contribution >= 0.6 is 0 Å². The molecule has 7 nitrogen and oxygen atoms in total. The van der Waals surface area contributed by atoms with Crippen molar-refractivity contribution < 1.29 is 9.59 Å². The highest BCUT2D eigenvalue weighted by Crippen LogP contribution is 2.30. The lowest BCUT2D eigenvalue weighted by molar-refractivity contribution is 0.0949. The first kappa shape index (κ1) is 21.8. The van der Waals surface area contributed by atoms with E-state index in [0.29, 0.717) is 23.4 Å². The van der Waals surface area contributed by atoms with Crippen LogP contribution in [0.3, 0.4) is 0 Å². The van der Waals surface area contributed by atoms with Crippen LogP contribution in [0.5, 0.6) is 0 Å². The molecule has 0 saturated heterocycles. The minimum absolute atomic E-state index is 0.127. The molecule has 0 aliphatic rings. The number of primary amides is 1. The van der Waals surface area contributed by atoms with Crippen molar-refractivity contribution in [2.45, 2.75) is 20.4 Å². The highest BCUT2D eigenvalue weighted by Gasteiger charge is 2.22. The average molecular weight is 440 g/mol. The molecule has 0 unspecified atom stereocenters. The maximum Gasteiger partial charge on any atom is 0.254 e. The number of anilines is 1. The number of para-hydroxylation sites is 1. The number of aromatic nitrogens is 2. The minimum atomic E-state index is -0.642. The van der Waals surface area contributed by atoms with Crippen LogP contribution in [0.15, 0.2) is 72.8 Å². The summed E-state index contributed by atoms with van der Waals surface area (Å²) in [6.45, 7) is 4.22. The third kappa shape index (κ3) is 4.34. The van der Waals surface area contributed by atoms with Crippen molar-refractivity contribution in [2.75, 3.05) is 5.73 Å². The molecule has 33 heavy (non-hydrogen) atoms. The zero-order valence-corrected chi connectivity index (χ0v) is 18.5. The lowest BCUT2D eigenvalue weighted by atomic mass is 10.0. The van der Waals surface area contributed by atoms with Gasteiger partial charge in [0.25, 0.3) is 11.8 Å². The standard InChI is InChI=1S/C26H25N5O2/c1-16-7-3-5-9-20(16)26(33)29-15-18-11-13-19(14-12-18)23-22(25(28)32)24(27)31(30-23)21-10-6-4-8-17(21)2/h3-14H,15,27H2,1-2H3,(H2,28,32)(H,29,33). The van der Waals surface area contributed by atoms with E-state index >= 15 is 0 Å². The molecule has 1 aromatic heterocycles. The Morgan fingerprint density at radius 1 is 0.909 bits per heavy atom. The first-order chi connectivity index (χ1) is 15.9. The number of amides is 2. The van der Waals surface area contributed by atoms with Crippen LogP contribution in [0.2, 0.25) is 0 Å². The number of nitrogens with zero attached hydrogens (tertiary/aromatic N) is 2. The molecule has 0 aliphatic carbocycles. The van der Waals surface area contributed by atoms with E-state index in [9.17, 15) is 9.59 Å². The highest BCUT2D eigenvalue weighted by atomic mass is 16.2. The number of aryl methyl sites for hydroxylation is 2. The molecule has 166 valence electrons. The lowest BCUT2D eigenvalue weighted by Gasteiger charge is -2.08. The Labute approximate surface area is 192 Å². The predicted octanol–water partition coefficient (Wildman–Crippen LogP) is 3.77. The molecular formula is C26H25N5O2. The molecule has 4 aromatic rings. The molecule has 0 aliphatic heterocycles. The maximum absolute atomic E-state index is 12.5. The Kier molecular flexibility index (Phi) is 5.95. The number of hydrogen-bond acceptors (Lipinski definition) is 4. The van der Waals surface area contributed by atoms with Crippen molar-refractivity contribution in [1.29, 1.82) is 0 Å². The first-order valence-electron chi connectivity index (χ1n) is 10.5. The fourth-order valence-electron chi connectivity index (χ4n) is 3.75. The van der Waals surface area contributed by atoms with Crippen LogP contribution in [0, 0.1) is 13.8 Å². The summed E-state index contributed by atoms with van der Waals surface area (Å²) in [7, 11) is 0. The van der Waals surface area contributed by atoms with E-state index in [-0.39, 0.29) is 17.3 Å². The number of carbonyl (C=O) groups is 2. The van der Waals surface area contributed by atoms with E-state index in [2.05, 4.69) is 10.4 Å². The van der Waals surface area contributed by atoms with Gasteiger partial charge in [-0.2, -0.15) is 5.10 Å². The van der Waals surface area contributed by atoms with Crippen molar-refractivity contribution in [3.05, 3.63) is 101 Å². The Bertz CT molecular complexity index is 1340. The van der Waals surface area contributed by atoms with E-state index in [1.807, 2.05) is 80.6 Å². The van der Waals surface area contributed by atoms with Crippen LogP contribution in [-0.4, -0.2) is 21.6 Å². The lowest BCUT2D eigenvalue weighted by Crippen LogP contribution is -2.23. The summed E-state index contributed by atoms with van der Waals surface area (Å²) in [6, 6.07) is 22.5. The predicted molar refractivity (Wildman–Crippen MR) is 129 cm³/mol. The number of hydrogen-bond donors (Lipinski definition) is 3. The molecule has 0 atom stereocenters. The fourth-order valence-corrected chi connectivity index (χ4v) is 3.75. The largest absolute Gasteiger partial charge is 0.383 e. The van der Waals surface area contributed by atoms with Crippen molar-refractivity contribution in [3.8, 4) is 16.9 Å². The monoisotopic (exact) mass is 439 g/mol. The Balaban J connectivity index is 1.59. The fraction of sp³-hybridized carbons (Fsp3) is 0.115. The van der Waals surface area contributed by atoms with Gasteiger partial charge in [0.2, 0.25) is 0 Å². The Hall–Kier alpha value is -4.39. The molecule has 0 fully saturated rings. The Morgan fingerprint density at radius 3 is 2.18 bits per heavy atom. The maximum atomic E-state index is 12.5. The van der Waals surface area contributed by atoms with Crippen LogP contribution in [0.25, 0.3) is 16.9 Å². The van der Waals surface area contributed by atoms with E-state index < -0.39 is 5.91 Å². The van der Waals surface area contributed by atoms with Crippen LogP contribution in [-0.2, 0) is 6.54 Å². The number of rotatable bonds is 6. The van der Waals surface area contributed by atoms with Gasteiger partial charge in [-0.25, -0.2) is 4.68 Å².